The second-order valence-corrected chi connectivity index (χ2v) is 6.97. The maximum absolute atomic E-state index is 12.7. The van der Waals surface area contributed by atoms with Gasteiger partial charge in [-0.25, -0.2) is 4.98 Å². The molecule has 0 spiro atoms. The van der Waals surface area contributed by atoms with Crippen molar-refractivity contribution in [1.82, 2.24) is 20.2 Å². The summed E-state index contributed by atoms with van der Waals surface area (Å²) >= 11 is 0. The summed E-state index contributed by atoms with van der Waals surface area (Å²) in [6.45, 7) is 3.97. The van der Waals surface area contributed by atoms with Crippen molar-refractivity contribution >= 4 is 11.8 Å². The van der Waals surface area contributed by atoms with Crippen molar-refractivity contribution in [3.63, 3.8) is 0 Å². The number of nitrogens with one attached hydrogen (secondary N) is 2. The lowest BCUT2D eigenvalue weighted by Gasteiger charge is -2.17. The Morgan fingerprint density at radius 3 is 2.67 bits per heavy atom. The molecule has 6 nitrogen and oxygen atoms in total. The molecule has 2 heterocycles. The van der Waals surface area contributed by atoms with Crippen LogP contribution in [0.3, 0.4) is 0 Å². The van der Waals surface area contributed by atoms with E-state index in [9.17, 15) is 9.59 Å². The van der Waals surface area contributed by atoms with E-state index in [4.69, 9.17) is 0 Å². The summed E-state index contributed by atoms with van der Waals surface area (Å²) in [6, 6.07) is 9.78. The second kappa shape index (κ2) is 9.35. The highest BCUT2D eigenvalue weighted by atomic mass is 16.2. The predicted octanol–water partition coefficient (Wildman–Crippen LogP) is 3.07. The first-order chi connectivity index (χ1) is 13.2. The van der Waals surface area contributed by atoms with E-state index in [1.54, 1.807) is 0 Å². The van der Waals surface area contributed by atoms with Gasteiger partial charge in [-0.15, -0.1) is 0 Å². The second-order valence-electron chi connectivity index (χ2n) is 6.97. The van der Waals surface area contributed by atoms with Crippen LogP contribution in [-0.4, -0.2) is 27.9 Å². The van der Waals surface area contributed by atoms with E-state index in [1.807, 2.05) is 34.9 Å². The van der Waals surface area contributed by atoms with Crippen LogP contribution in [0.25, 0.3) is 0 Å². The minimum absolute atomic E-state index is 0.184. The van der Waals surface area contributed by atoms with E-state index < -0.39 is 0 Å². The van der Waals surface area contributed by atoms with Crippen LogP contribution in [0, 0.1) is 0 Å². The van der Waals surface area contributed by atoms with Gasteiger partial charge in [0.2, 0.25) is 0 Å². The summed E-state index contributed by atoms with van der Waals surface area (Å²) in [5.41, 5.74) is 2.31. The average molecular weight is 368 g/mol. The maximum atomic E-state index is 12.7. The van der Waals surface area contributed by atoms with Crippen molar-refractivity contribution < 1.29 is 9.59 Å². The number of imidazole rings is 1. The molecular weight excluding hydrogens is 340 g/mol. The van der Waals surface area contributed by atoms with Gasteiger partial charge in [0.05, 0.1) is 5.69 Å². The number of unbranched alkanes of at least 4 members (excludes halogenated alkanes) is 2. The molecule has 0 bridgehead atoms. The summed E-state index contributed by atoms with van der Waals surface area (Å²) in [6.07, 6.45) is 5.96. The van der Waals surface area contributed by atoms with Gasteiger partial charge in [0.1, 0.15) is 5.69 Å². The van der Waals surface area contributed by atoms with Crippen molar-refractivity contribution in [2.45, 2.75) is 58.5 Å². The number of amides is 2. The fourth-order valence-corrected chi connectivity index (χ4v) is 3.42. The van der Waals surface area contributed by atoms with Gasteiger partial charge in [0.15, 0.2) is 5.82 Å². The molecule has 2 amide bonds. The van der Waals surface area contributed by atoms with Crippen molar-refractivity contribution in [2.75, 3.05) is 6.54 Å². The lowest BCUT2D eigenvalue weighted by atomic mass is 10.1. The molecule has 6 heteroatoms. The Morgan fingerprint density at radius 1 is 1.07 bits per heavy atom. The number of benzene rings is 1. The van der Waals surface area contributed by atoms with Crippen LogP contribution in [0.4, 0.5) is 0 Å². The van der Waals surface area contributed by atoms with Crippen LogP contribution >= 0.6 is 0 Å². The molecule has 1 aliphatic rings. The standard InChI is InChI=1S/C21H28N4O2/c1-2-3-8-13-22-21(27)19-24-18(17-12-7-9-14-25(17)19)20(26)23-15-16-10-5-4-6-11-16/h4-6,10-11H,2-3,7-9,12-15H2,1H3,(H,22,27)(H,23,26). The number of rotatable bonds is 8. The molecule has 2 aromatic rings. The van der Waals surface area contributed by atoms with Crippen LogP contribution in [0.15, 0.2) is 30.3 Å². The first-order valence-electron chi connectivity index (χ1n) is 9.90. The van der Waals surface area contributed by atoms with Crippen molar-refractivity contribution in [1.29, 1.82) is 0 Å². The predicted molar refractivity (Wildman–Crippen MR) is 105 cm³/mol. The Bertz CT molecular complexity index is 783. The molecule has 0 fully saturated rings. The number of hydrogen-bond acceptors (Lipinski definition) is 3. The summed E-state index contributed by atoms with van der Waals surface area (Å²) in [5, 5.41) is 5.87. The van der Waals surface area contributed by atoms with Crippen molar-refractivity contribution in [2.24, 2.45) is 0 Å². The Balaban J connectivity index is 1.72. The molecule has 0 saturated heterocycles. The summed E-state index contributed by atoms with van der Waals surface area (Å²) in [7, 11) is 0. The SMILES string of the molecule is CCCCCNC(=O)c1nc(C(=O)NCc2ccccc2)c2n1CCCC2. The fourth-order valence-electron chi connectivity index (χ4n) is 3.42. The van der Waals surface area contributed by atoms with Gasteiger partial charge in [-0.05, 0) is 31.2 Å². The molecule has 27 heavy (non-hydrogen) atoms. The van der Waals surface area contributed by atoms with E-state index >= 15 is 0 Å². The summed E-state index contributed by atoms with van der Waals surface area (Å²) in [5.74, 6) is -0.0306. The molecule has 3 rings (SSSR count). The van der Waals surface area contributed by atoms with Crippen LogP contribution in [-0.2, 0) is 19.5 Å². The van der Waals surface area contributed by atoms with E-state index in [-0.39, 0.29) is 11.8 Å². The summed E-state index contributed by atoms with van der Waals surface area (Å²) in [4.78, 5) is 29.7. The molecular formula is C21H28N4O2. The maximum Gasteiger partial charge on any atom is 0.287 e. The number of carbonyl (C=O) groups is 2. The first-order valence-corrected chi connectivity index (χ1v) is 9.90. The Labute approximate surface area is 160 Å². The molecule has 0 radical (unpaired) electrons. The molecule has 2 N–H and O–H groups in total. The smallest absolute Gasteiger partial charge is 0.287 e. The molecule has 0 saturated carbocycles. The number of aromatic nitrogens is 2. The van der Waals surface area contributed by atoms with E-state index in [2.05, 4.69) is 22.5 Å². The zero-order valence-corrected chi connectivity index (χ0v) is 16.0. The fraction of sp³-hybridized carbons (Fsp3) is 0.476. The van der Waals surface area contributed by atoms with E-state index in [1.165, 1.54) is 0 Å². The Morgan fingerprint density at radius 2 is 1.89 bits per heavy atom. The van der Waals surface area contributed by atoms with Gasteiger partial charge >= 0.3 is 0 Å². The van der Waals surface area contributed by atoms with E-state index in [0.717, 1.165) is 56.3 Å². The monoisotopic (exact) mass is 368 g/mol. The van der Waals surface area contributed by atoms with Gasteiger partial charge in [-0.1, -0.05) is 50.1 Å². The van der Waals surface area contributed by atoms with Crippen molar-refractivity contribution in [3.8, 4) is 0 Å². The molecule has 144 valence electrons. The quantitative estimate of drug-likeness (QED) is 0.703. The largest absolute Gasteiger partial charge is 0.349 e. The molecule has 0 aliphatic carbocycles. The average Bonchev–Trinajstić information content (AvgIpc) is 3.10. The van der Waals surface area contributed by atoms with Crippen LogP contribution in [0.5, 0.6) is 0 Å². The van der Waals surface area contributed by atoms with Crippen LogP contribution in [0.2, 0.25) is 0 Å². The Hall–Kier alpha value is -2.63. The highest BCUT2D eigenvalue weighted by Crippen LogP contribution is 2.21. The molecule has 0 atom stereocenters. The lowest BCUT2D eigenvalue weighted by Crippen LogP contribution is -2.28. The third kappa shape index (κ3) is 4.76. The summed E-state index contributed by atoms with van der Waals surface area (Å²) < 4.78 is 1.93. The topological polar surface area (TPSA) is 76.0 Å². The van der Waals surface area contributed by atoms with Crippen LogP contribution < -0.4 is 10.6 Å². The number of nitrogens with zero attached hydrogens (tertiary/aromatic N) is 2. The molecule has 1 aromatic heterocycles. The zero-order valence-electron chi connectivity index (χ0n) is 16.0. The van der Waals surface area contributed by atoms with Gasteiger partial charge < -0.3 is 15.2 Å². The minimum atomic E-state index is -0.213. The molecule has 1 aliphatic heterocycles. The van der Waals surface area contributed by atoms with Crippen LogP contribution in [0.1, 0.15) is 71.4 Å². The lowest BCUT2D eigenvalue weighted by molar-refractivity contribution is 0.0937. The number of fused-ring (bicyclic) bond motifs is 1. The number of carbonyl (C=O) groups excluding carboxylic acids is 2. The normalized spacial score (nSPS) is 13.1. The van der Waals surface area contributed by atoms with Gasteiger partial charge in [0.25, 0.3) is 11.8 Å². The highest BCUT2D eigenvalue weighted by molar-refractivity contribution is 5.97. The third-order valence-corrected chi connectivity index (χ3v) is 4.90. The first kappa shape index (κ1) is 19.1. The number of hydrogen-bond donors (Lipinski definition) is 2. The highest BCUT2D eigenvalue weighted by Gasteiger charge is 2.27. The van der Waals surface area contributed by atoms with E-state index in [0.29, 0.717) is 24.6 Å². The zero-order chi connectivity index (χ0) is 19.1. The molecule has 1 aromatic carbocycles. The minimum Gasteiger partial charge on any atom is -0.349 e. The third-order valence-electron chi connectivity index (χ3n) is 4.90. The van der Waals surface area contributed by atoms with Gasteiger partial charge in [-0.3, -0.25) is 9.59 Å². The van der Waals surface area contributed by atoms with Gasteiger partial charge in [-0.2, -0.15) is 0 Å². The van der Waals surface area contributed by atoms with Crippen molar-refractivity contribution in [3.05, 3.63) is 53.1 Å². The molecule has 0 unspecified atom stereocenters. The van der Waals surface area contributed by atoms with Gasteiger partial charge in [0, 0.05) is 19.6 Å². The Kier molecular flexibility index (Phi) is 6.63.